The van der Waals surface area contributed by atoms with Crippen LogP contribution in [0.4, 0.5) is 0 Å². The Morgan fingerprint density at radius 2 is 1.96 bits per heavy atom. The van der Waals surface area contributed by atoms with Crippen LogP contribution < -0.4 is 10.1 Å². The monoisotopic (exact) mass is 322 g/mol. The van der Waals surface area contributed by atoms with Gasteiger partial charge in [0.1, 0.15) is 5.75 Å². The van der Waals surface area contributed by atoms with Crippen LogP contribution in [0.5, 0.6) is 5.75 Å². The number of hydrogen-bond acceptors (Lipinski definition) is 2. The molecule has 4 heteroatoms. The standard InChI is InChI=1S/C20H22N2O2/c1-14-3-5-15(6-4-14)11-20(23)21-10-9-16-13-22-19-8-7-17(24-2)12-18(16)19/h3-8,12-13,22H,9-11H2,1-2H3,(H,21,23). The molecule has 1 aromatic heterocycles. The number of nitrogens with one attached hydrogen (secondary N) is 2. The summed E-state index contributed by atoms with van der Waals surface area (Å²) in [6, 6.07) is 14.0. The van der Waals surface area contributed by atoms with Gasteiger partial charge in [-0.1, -0.05) is 29.8 Å². The number of hydrogen-bond donors (Lipinski definition) is 2. The van der Waals surface area contributed by atoms with Gasteiger partial charge in [0.2, 0.25) is 5.91 Å². The molecule has 124 valence electrons. The van der Waals surface area contributed by atoms with E-state index in [4.69, 9.17) is 4.74 Å². The molecule has 0 saturated heterocycles. The van der Waals surface area contributed by atoms with E-state index in [1.807, 2.05) is 55.6 Å². The van der Waals surface area contributed by atoms with E-state index in [1.165, 1.54) is 11.1 Å². The summed E-state index contributed by atoms with van der Waals surface area (Å²) in [5.74, 6) is 0.892. The number of H-pyrrole nitrogens is 1. The topological polar surface area (TPSA) is 54.1 Å². The molecule has 1 heterocycles. The van der Waals surface area contributed by atoms with E-state index in [0.717, 1.165) is 28.6 Å². The number of carbonyl (C=O) groups is 1. The lowest BCUT2D eigenvalue weighted by atomic mass is 10.1. The summed E-state index contributed by atoms with van der Waals surface area (Å²) in [4.78, 5) is 15.3. The Hall–Kier alpha value is -2.75. The molecular formula is C20H22N2O2. The van der Waals surface area contributed by atoms with Crippen LogP contribution in [0.25, 0.3) is 10.9 Å². The van der Waals surface area contributed by atoms with Crippen LogP contribution in [0.1, 0.15) is 16.7 Å². The Kier molecular flexibility index (Phi) is 4.85. The fourth-order valence-corrected chi connectivity index (χ4v) is 2.78. The second-order valence-electron chi connectivity index (χ2n) is 5.99. The molecule has 24 heavy (non-hydrogen) atoms. The van der Waals surface area contributed by atoms with Crippen LogP contribution >= 0.6 is 0 Å². The van der Waals surface area contributed by atoms with Gasteiger partial charge >= 0.3 is 0 Å². The van der Waals surface area contributed by atoms with E-state index >= 15 is 0 Å². The minimum Gasteiger partial charge on any atom is -0.497 e. The molecule has 0 fully saturated rings. The summed E-state index contributed by atoms with van der Waals surface area (Å²) in [6.45, 7) is 2.66. The van der Waals surface area contributed by atoms with E-state index in [2.05, 4.69) is 10.3 Å². The zero-order valence-corrected chi connectivity index (χ0v) is 14.1. The van der Waals surface area contributed by atoms with Crippen LogP contribution in [-0.2, 0) is 17.6 Å². The van der Waals surface area contributed by atoms with Gasteiger partial charge in [-0.25, -0.2) is 0 Å². The first-order chi connectivity index (χ1) is 11.7. The van der Waals surface area contributed by atoms with Crippen LogP contribution in [0.2, 0.25) is 0 Å². The molecule has 0 saturated carbocycles. The van der Waals surface area contributed by atoms with Crippen molar-refractivity contribution in [1.82, 2.24) is 10.3 Å². The van der Waals surface area contributed by atoms with Crippen molar-refractivity contribution in [3.63, 3.8) is 0 Å². The fraction of sp³-hybridized carbons (Fsp3) is 0.250. The van der Waals surface area contributed by atoms with Crippen molar-refractivity contribution in [1.29, 1.82) is 0 Å². The van der Waals surface area contributed by atoms with E-state index in [0.29, 0.717) is 13.0 Å². The van der Waals surface area contributed by atoms with Crippen LogP contribution in [0.3, 0.4) is 0 Å². The first-order valence-electron chi connectivity index (χ1n) is 8.12. The number of rotatable bonds is 6. The molecular weight excluding hydrogens is 300 g/mol. The highest BCUT2D eigenvalue weighted by Crippen LogP contribution is 2.23. The molecule has 2 aromatic carbocycles. The molecule has 0 bridgehead atoms. The average Bonchev–Trinajstić information content (AvgIpc) is 2.99. The van der Waals surface area contributed by atoms with E-state index in [1.54, 1.807) is 7.11 Å². The van der Waals surface area contributed by atoms with Gasteiger partial charge in [-0.3, -0.25) is 4.79 Å². The van der Waals surface area contributed by atoms with E-state index in [9.17, 15) is 4.79 Å². The Balaban J connectivity index is 1.56. The van der Waals surface area contributed by atoms with Crippen LogP contribution in [0, 0.1) is 6.92 Å². The summed E-state index contributed by atoms with van der Waals surface area (Å²) in [5, 5.41) is 4.13. The van der Waals surface area contributed by atoms with Gasteiger partial charge in [-0.05, 0) is 42.7 Å². The van der Waals surface area contributed by atoms with Crippen molar-refractivity contribution in [2.75, 3.05) is 13.7 Å². The Labute approximate surface area is 141 Å². The van der Waals surface area contributed by atoms with Crippen molar-refractivity contribution in [2.24, 2.45) is 0 Å². The predicted octanol–water partition coefficient (Wildman–Crippen LogP) is 3.39. The van der Waals surface area contributed by atoms with Gasteiger partial charge in [-0.2, -0.15) is 0 Å². The van der Waals surface area contributed by atoms with Gasteiger partial charge in [-0.15, -0.1) is 0 Å². The van der Waals surface area contributed by atoms with Gasteiger partial charge in [0.15, 0.2) is 0 Å². The largest absolute Gasteiger partial charge is 0.497 e. The molecule has 0 unspecified atom stereocenters. The molecule has 0 aliphatic rings. The number of carbonyl (C=O) groups excluding carboxylic acids is 1. The highest BCUT2D eigenvalue weighted by Gasteiger charge is 2.07. The third-order valence-electron chi connectivity index (χ3n) is 4.18. The van der Waals surface area contributed by atoms with E-state index in [-0.39, 0.29) is 5.91 Å². The van der Waals surface area contributed by atoms with Crippen molar-refractivity contribution >= 4 is 16.8 Å². The minimum atomic E-state index is 0.0521. The van der Waals surface area contributed by atoms with Gasteiger partial charge in [0.05, 0.1) is 13.5 Å². The number of ether oxygens (including phenoxy) is 1. The second kappa shape index (κ2) is 7.21. The Morgan fingerprint density at radius 1 is 1.17 bits per heavy atom. The smallest absolute Gasteiger partial charge is 0.224 e. The Morgan fingerprint density at radius 3 is 2.71 bits per heavy atom. The van der Waals surface area contributed by atoms with Crippen molar-refractivity contribution in [3.8, 4) is 5.75 Å². The third-order valence-corrected chi connectivity index (χ3v) is 4.18. The zero-order valence-electron chi connectivity index (χ0n) is 14.1. The number of amides is 1. The molecule has 1 amide bonds. The number of aromatic nitrogens is 1. The molecule has 3 rings (SSSR count). The Bertz CT molecular complexity index is 834. The maximum Gasteiger partial charge on any atom is 0.224 e. The normalized spacial score (nSPS) is 10.8. The molecule has 3 aromatic rings. The summed E-state index contributed by atoms with van der Waals surface area (Å²) in [6.07, 6.45) is 3.20. The van der Waals surface area contributed by atoms with Crippen molar-refractivity contribution in [2.45, 2.75) is 19.8 Å². The fourth-order valence-electron chi connectivity index (χ4n) is 2.78. The lowest BCUT2D eigenvalue weighted by Gasteiger charge is -2.06. The molecule has 0 spiro atoms. The third kappa shape index (κ3) is 3.77. The first-order valence-corrected chi connectivity index (χ1v) is 8.12. The summed E-state index contributed by atoms with van der Waals surface area (Å²) < 4.78 is 5.28. The number of benzene rings is 2. The highest BCUT2D eigenvalue weighted by molar-refractivity contribution is 5.84. The average molecular weight is 322 g/mol. The lowest BCUT2D eigenvalue weighted by Crippen LogP contribution is -2.27. The van der Waals surface area contributed by atoms with Crippen molar-refractivity contribution in [3.05, 3.63) is 65.4 Å². The molecule has 0 aliphatic heterocycles. The first kappa shape index (κ1) is 16.1. The second-order valence-corrected chi connectivity index (χ2v) is 5.99. The molecule has 4 nitrogen and oxygen atoms in total. The quantitative estimate of drug-likeness (QED) is 0.731. The number of fused-ring (bicyclic) bond motifs is 1. The van der Waals surface area contributed by atoms with Crippen LogP contribution in [-0.4, -0.2) is 24.5 Å². The van der Waals surface area contributed by atoms with E-state index < -0.39 is 0 Å². The minimum absolute atomic E-state index is 0.0521. The molecule has 0 aliphatic carbocycles. The zero-order chi connectivity index (χ0) is 16.9. The summed E-state index contributed by atoms with van der Waals surface area (Å²) in [5.41, 5.74) is 4.50. The maximum absolute atomic E-state index is 12.1. The summed E-state index contributed by atoms with van der Waals surface area (Å²) in [7, 11) is 1.67. The highest BCUT2D eigenvalue weighted by atomic mass is 16.5. The van der Waals surface area contributed by atoms with Crippen molar-refractivity contribution < 1.29 is 9.53 Å². The molecule has 0 atom stereocenters. The molecule has 2 N–H and O–H groups in total. The lowest BCUT2D eigenvalue weighted by molar-refractivity contribution is -0.120. The van der Waals surface area contributed by atoms with Gasteiger partial charge in [0, 0.05) is 23.6 Å². The van der Waals surface area contributed by atoms with Gasteiger partial charge in [0.25, 0.3) is 0 Å². The SMILES string of the molecule is COc1ccc2[nH]cc(CCNC(=O)Cc3ccc(C)cc3)c2c1. The molecule has 0 radical (unpaired) electrons. The van der Waals surface area contributed by atoms with Gasteiger partial charge < -0.3 is 15.0 Å². The summed E-state index contributed by atoms with van der Waals surface area (Å²) >= 11 is 0. The number of aromatic amines is 1. The predicted molar refractivity (Wildman–Crippen MR) is 96.4 cm³/mol. The number of aryl methyl sites for hydroxylation is 1. The number of methoxy groups -OCH3 is 1. The maximum atomic E-state index is 12.1. The van der Waals surface area contributed by atoms with Crippen LogP contribution in [0.15, 0.2) is 48.7 Å².